The molecule has 0 aliphatic carbocycles. The first kappa shape index (κ1) is 13.2. The predicted octanol–water partition coefficient (Wildman–Crippen LogP) is 2.96. The Kier molecular flexibility index (Phi) is 5.47. The van der Waals surface area contributed by atoms with Crippen molar-refractivity contribution < 1.29 is 0 Å². The second-order valence-electron chi connectivity index (χ2n) is 4.82. The van der Waals surface area contributed by atoms with Gasteiger partial charge in [-0.15, -0.1) is 0 Å². The third kappa shape index (κ3) is 4.31. The minimum absolute atomic E-state index is 0.616. The molecule has 2 heteroatoms. The minimum atomic E-state index is 0.616. The fraction of sp³-hybridized carbons (Fsp3) is 0.643. The molecule has 0 saturated heterocycles. The van der Waals surface area contributed by atoms with E-state index in [2.05, 4.69) is 44.1 Å². The van der Waals surface area contributed by atoms with Crippen molar-refractivity contribution in [3.8, 4) is 0 Å². The normalized spacial score (nSPS) is 13.1. The third-order valence-corrected chi connectivity index (χ3v) is 2.95. The zero-order chi connectivity index (χ0) is 12.0. The fourth-order valence-electron chi connectivity index (χ4n) is 2.01. The summed E-state index contributed by atoms with van der Waals surface area (Å²) >= 11 is 0. The second kappa shape index (κ2) is 6.64. The Morgan fingerprint density at radius 3 is 2.62 bits per heavy atom. The van der Waals surface area contributed by atoms with Crippen molar-refractivity contribution in [2.24, 2.45) is 5.92 Å². The molecule has 0 saturated carbocycles. The summed E-state index contributed by atoms with van der Waals surface area (Å²) in [7, 11) is 0. The van der Waals surface area contributed by atoms with Crippen LogP contribution in [0, 0.1) is 12.8 Å². The van der Waals surface area contributed by atoms with Gasteiger partial charge in [-0.3, -0.25) is 4.98 Å². The van der Waals surface area contributed by atoms with Crippen LogP contribution in [-0.2, 0) is 6.42 Å². The smallest absolute Gasteiger partial charge is 0.0300 e. The monoisotopic (exact) mass is 220 g/mol. The van der Waals surface area contributed by atoms with Crippen LogP contribution >= 0.6 is 0 Å². The molecule has 0 radical (unpaired) electrons. The van der Waals surface area contributed by atoms with E-state index in [0.717, 1.165) is 13.0 Å². The van der Waals surface area contributed by atoms with E-state index < -0.39 is 0 Å². The Morgan fingerprint density at radius 1 is 1.31 bits per heavy atom. The highest BCUT2D eigenvalue weighted by molar-refractivity contribution is 5.16. The predicted molar refractivity (Wildman–Crippen MR) is 69.6 cm³/mol. The first-order valence-electron chi connectivity index (χ1n) is 6.27. The summed E-state index contributed by atoms with van der Waals surface area (Å²) in [6.07, 6.45) is 6.20. The molecule has 1 aromatic heterocycles. The summed E-state index contributed by atoms with van der Waals surface area (Å²) in [5, 5.41) is 3.55. The van der Waals surface area contributed by atoms with Crippen molar-refractivity contribution in [2.75, 3.05) is 6.54 Å². The Labute approximate surface area is 99.5 Å². The molecule has 0 aliphatic rings. The molecule has 0 aromatic carbocycles. The average molecular weight is 220 g/mol. The highest BCUT2D eigenvalue weighted by Gasteiger charge is 2.11. The van der Waals surface area contributed by atoms with Crippen LogP contribution < -0.4 is 5.32 Å². The van der Waals surface area contributed by atoms with E-state index in [-0.39, 0.29) is 0 Å². The van der Waals surface area contributed by atoms with Crippen molar-refractivity contribution in [3.05, 3.63) is 29.6 Å². The zero-order valence-corrected chi connectivity index (χ0v) is 11.0. The molecule has 1 unspecified atom stereocenters. The molecule has 1 aromatic rings. The number of aromatic nitrogens is 1. The van der Waals surface area contributed by atoms with E-state index in [0.29, 0.717) is 12.0 Å². The van der Waals surface area contributed by atoms with E-state index in [4.69, 9.17) is 0 Å². The van der Waals surface area contributed by atoms with Crippen LogP contribution in [0.1, 0.15) is 38.3 Å². The summed E-state index contributed by atoms with van der Waals surface area (Å²) in [4.78, 5) is 4.23. The average Bonchev–Trinajstić information content (AvgIpc) is 2.24. The Morgan fingerprint density at radius 2 is 2.06 bits per heavy atom. The number of nitrogens with one attached hydrogen (secondary N) is 1. The maximum atomic E-state index is 4.23. The summed E-state index contributed by atoms with van der Waals surface area (Å²) in [6, 6.07) is 2.85. The van der Waals surface area contributed by atoms with E-state index in [1.54, 1.807) is 0 Å². The lowest BCUT2D eigenvalue weighted by atomic mass is 9.97. The number of rotatable bonds is 6. The Bertz CT molecular complexity index is 307. The maximum absolute atomic E-state index is 4.23. The Hall–Kier alpha value is -0.890. The lowest BCUT2D eigenvalue weighted by Gasteiger charge is -2.21. The molecule has 2 nitrogen and oxygen atoms in total. The minimum Gasteiger partial charge on any atom is -0.314 e. The van der Waals surface area contributed by atoms with E-state index in [9.17, 15) is 0 Å². The number of nitrogens with zero attached hydrogens (tertiary/aromatic N) is 1. The van der Waals surface area contributed by atoms with Crippen molar-refractivity contribution >= 4 is 0 Å². The lowest BCUT2D eigenvalue weighted by Crippen LogP contribution is -2.34. The molecular formula is C14H24N2. The molecule has 1 atom stereocenters. The molecule has 0 aliphatic heterocycles. The van der Waals surface area contributed by atoms with E-state index in [1.807, 2.05) is 12.4 Å². The van der Waals surface area contributed by atoms with Crippen LogP contribution in [0.15, 0.2) is 18.5 Å². The van der Waals surface area contributed by atoms with Gasteiger partial charge >= 0.3 is 0 Å². The summed E-state index contributed by atoms with van der Waals surface area (Å²) < 4.78 is 0. The Balaban J connectivity index is 2.48. The fourth-order valence-corrected chi connectivity index (χ4v) is 2.01. The summed E-state index contributed by atoms with van der Waals surface area (Å²) in [5.74, 6) is 0.692. The van der Waals surface area contributed by atoms with Crippen LogP contribution in [0.3, 0.4) is 0 Å². The molecule has 0 amide bonds. The quantitative estimate of drug-likeness (QED) is 0.797. The molecular weight excluding hydrogens is 196 g/mol. The van der Waals surface area contributed by atoms with Crippen LogP contribution in [0.5, 0.6) is 0 Å². The van der Waals surface area contributed by atoms with Gasteiger partial charge in [0, 0.05) is 18.4 Å². The second-order valence-corrected chi connectivity index (χ2v) is 4.82. The van der Waals surface area contributed by atoms with Crippen molar-refractivity contribution in [3.63, 3.8) is 0 Å². The van der Waals surface area contributed by atoms with Crippen molar-refractivity contribution in [2.45, 2.75) is 46.6 Å². The van der Waals surface area contributed by atoms with Crippen LogP contribution in [0.2, 0.25) is 0 Å². The van der Waals surface area contributed by atoms with E-state index >= 15 is 0 Å². The first-order chi connectivity index (χ1) is 7.63. The van der Waals surface area contributed by atoms with Gasteiger partial charge in [-0.1, -0.05) is 26.8 Å². The molecule has 0 bridgehead atoms. The van der Waals surface area contributed by atoms with Gasteiger partial charge in [-0.25, -0.2) is 0 Å². The molecule has 1 rings (SSSR count). The van der Waals surface area contributed by atoms with Crippen LogP contribution in [0.4, 0.5) is 0 Å². The molecule has 0 spiro atoms. The lowest BCUT2D eigenvalue weighted by molar-refractivity contribution is 0.385. The SMILES string of the molecule is CCNC(CCc1cncc(C)c1)C(C)C. The highest BCUT2D eigenvalue weighted by atomic mass is 14.9. The van der Waals surface area contributed by atoms with E-state index in [1.165, 1.54) is 17.5 Å². The molecule has 0 fully saturated rings. The van der Waals surface area contributed by atoms with Crippen LogP contribution in [-0.4, -0.2) is 17.6 Å². The van der Waals surface area contributed by atoms with Crippen molar-refractivity contribution in [1.82, 2.24) is 10.3 Å². The van der Waals surface area contributed by atoms with Gasteiger partial charge < -0.3 is 5.32 Å². The van der Waals surface area contributed by atoms with Crippen molar-refractivity contribution in [1.29, 1.82) is 0 Å². The summed E-state index contributed by atoms with van der Waals surface area (Å²) in [6.45, 7) is 9.88. The molecule has 16 heavy (non-hydrogen) atoms. The number of hydrogen-bond donors (Lipinski definition) is 1. The van der Waals surface area contributed by atoms with Gasteiger partial charge in [0.2, 0.25) is 0 Å². The van der Waals surface area contributed by atoms with Gasteiger partial charge in [0.1, 0.15) is 0 Å². The molecule has 90 valence electrons. The number of aryl methyl sites for hydroxylation is 2. The van der Waals surface area contributed by atoms with Crippen LogP contribution in [0.25, 0.3) is 0 Å². The maximum Gasteiger partial charge on any atom is 0.0300 e. The van der Waals surface area contributed by atoms with Gasteiger partial charge in [0.25, 0.3) is 0 Å². The summed E-state index contributed by atoms with van der Waals surface area (Å²) in [5.41, 5.74) is 2.60. The first-order valence-corrected chi connectivity index (χ1v) is 6.27. The largest absolute Gasteiger partial charge is 0.314 e. The van der Waals surface area contributed by atoms with Gasteiger partial charge in [0.15, 0.2) is 0 Å². The molecule has 1 N–H and O–H groups in total. The van der Waals surface area contributed by atoms with Gasteiger partial charge in [0.05, 0.1) is 0 Å². The zero-order valence-electron chi connectivity index (χ0n) is 11.0. The number of hydrogen-bond acceptors (Lipinski definition) is 2. The highest BCUT2D eigenvalue weighted by Crippen LogP contribution is 2.11. The number of pyridine rings is 1. The topological polar surface area (TPSA) is 24.9 Å². The van der Waals surface area contributed by atoms with Gasteiger partial charge in [-0.2, -0.15) is 0 Å². The standard InChI is InChI=1S/C14H24N2/c1-5-16-14(11(2)3)7-6-13-8-12(4)9-15-10-13/h8-11,14,16H,5-7H2,1-4H3. The molecule has 1 heterocycles. The van der Waals surface area contributed by atoms with Gasteiger partial charge in [-0.05, 0) is 43.4 Å². The third-order valence-electron chi connectivity index (χ3n) is 2.95.